The van der Waals surface area contributed by atoms with Crippen molar-refractivity contribution < 1.29 is 14.3 Å². The number of ether oxygens (including phenoxy) is 1. The van der Waals surface area contributed by atoms with Crippen molar-refractivity contribution >= 4 is 61.8 Å². The molecule has 0 unspecified atom stereocenters. The maximum absolute atomic E-state index is 12.3. The zero-order valence-corrected chi connectivity index (χ0v) is 17.9. The zero-order chi connectivity index (χ0) is 20.1. The Morgan fingerprint density at radius 2 is 1.79 bits per heavy atom. The van der Waals surface area contributed by atoms with Crippen LogP contribution in [0.25, 0.3) is 17.2 Å². The van der Waals surface area contributed by atoms with Crippen molar-refractivity contribution in [2.24, 2.45) is 0 Å². The third kappa shape index (κ3) is 4.90. The summed E-state index contributed by atoms with van der Waals surface area (Å²) >= 11 is 10.5. The number of anilines is 1. The lowest BCUT2D eigenvalue weighted by Gasteiger charge is -2.07. The molecule has 1 N–H and O–H groups in total. The molecule has 0 fully saturated rings. The number of hydrogen-bond donors (Lipinski definition) is 1. The van der Waals surface area contributed by atoms with E-state index in [1.54, 1.807) is 18.2 Å². The summed E-state index contributed by atoms with van der Waals surface area (Å²) in [5.74, 6) is -0.847. The molecule has 1 amide bonds. The SMILES string of the molecule is COC(=O)c1c(-c2ccc(Br)cc2)csc1NC(=O)/C=C/c1ccc(Cl)cc1. The summed E-state index contributed by atoms with van der Waals surface area (Å²) < 4.78 is 5.86. The highest BCUT2D eigenvalue weighted by Gasteiger charge is 2.21. The molecule has 0 aliphatic heterocycles. The fourth-order valence-corrected chi connectivity index (χ4v) is 3.85. The molecule has 0 bridgehead atoms. The van der Waals surface area contributed by atoms with Gasteiger partial charge in [-0.15, -0.1) is 11.3 Å². The smallest absolute Gasteiger partial charge is 0.341 e. The van der Waals surface area contributed by atoms with Crippen LogP contribution in [-0.4, -0.2) is 19.0 Å². The molecule has 0 aliphatic carbocycles. The Bertz CT molecular complexity index is 1030. The molecular weight excluding hydrogens is 462 g/mol. The van der Waals surface area contributed by atoms with E-state index in [1.807, 2.05) is 41.8 Å². The summed E-state index contributed by atoms with van der Waals surface area (Å²) in [4.78, 5) is 24.7. The van der Waals surface area contributed by atoms with E-state index in [0.717, 1.165) is 15.6 Å². The number of benzene rings is 2. The highest BCUT2D eigenvalue weighted by molar-refractivity contribution is 9.10. The summed E-state index contributed by atoms with van der Waals surface area (Å²) in [5, 5.41) is 5.66. The van der Waals surface area contributed by atoms with Crippen LogP contribution in [-0.2, 0) is 9.53 Å². The van der Waals surface area contributed by atoms with Gasteiger partial charge in [0.05, 0.1) is 7.11 Å². The Balaban J connectivity index is 1.85. The zero-order valence-electron chi connectivity index (χ0n) is 14.7. The fraction of sp³-hybridized carbons (Fsp3) is 0.0476. The Morgan fingerprint density at radius 1 is 1.11 bits per heavy atom. The Hall–Kier alpha value is -2.41. The highest BCUT2D eigenvalue weighted by atomic mass is 79.9. The van der Waals surface area contributed by atoms with Crippen molar-refractivity contribution in [2.45, 2.75) is 0 Å². The maximum atomic E-state index is 12.3. The number of methoxy groups -OCH3 is 1. The first-order valence-electron chi connectivity index (χ1n) is 8.18. The van der Waals surface area contributed by atoms with Crippen LogP contribution in [0, 0.1) is 0 Å². The van der Waals surface area contributed by atoms with E-state index in [-0.39, 0.29) is 5.91 Å². The van der Waals surface area contributed by atoms with Crippen molar-refractivity contribution in [1.82, 2.24) is 0 Å². The van der Waals surface area contributed by atoms with Gasteiger partial charge in [-0.05, 0) is 41.5 Å². The van der Waals surface area contributed by atoms with Gasteiger partial charge in [0, 0.05) is 26.5 Å². The van der Waals surface area contributed by atoms with Crippen LogP contribution in [0.15, 0.2) is 64.5 Å². The monoisotopic (exact) mass is 475 g/mol. The second kappa shape index (κ2) is 9.19. The molecule has 1 aromatic heterocycles. The van der Waals surface area contributed by atoms with E-state index < -0.39 is 5.97 Å². The van der Waals surface area contributed by atoms with Gasteiger partial charge < -0.3 is 10.1 Å². The minimum absolute atomic E-state index is 0.336. The number of amides is 1. The number of nitrogens with one attached hydrogen (secondary N) is 1. The van der Waals surface area contributed by atoms with Gasteiger partial charge in [0.1, 0.15) is 10.6 Å². The van der Waals surface area contributed by atoms with Crippen molar-refractivity contribution in [3.05, 3.63) is 80.6 Å². The molecule has 0 saturated heterocycles. The highest BCUT2D eigenvalue weighted by Crippen LogP contribution is 2.36. The van der Waals surface area contributed by atoms with Crippen LogP contribution < -0.4 is 5.32 Å². The van der Waals surface area contributed by atoms with Crippen molar-refractivity contribution in [3.63, 3.8) is 0 Å². The van der Waals surface area contributed by atoms with E-state index in [2.05, 4.69) is 21.2 Å². The first kappa shape index (κ1) is 20.3. The number of hydrogen-bond acceptors (Lipinski definition) is 4. The molecule has 0 atom stereocenters. The Kier molecular flexibility index (Phi) is 6.67. The first-order chi connectivity index (χ1) is 13.5. The van der Waals surface area contributed by atoms with Gasteiger partial charge in [0.2, 0.25) is 5.91 Å². The molecule has 0 spiro atoms. The minimum atomic E-state index is -0.504. The summed E-state index contributed by atoms with van der Waals surface area (Å²) in [6.07, 6.45) is 3.08. The summed E-state index contributed by atoms with van der Waals surface area (Å²) in [6.45, 7) is 0. The largest absolute Gasteiger partial charge is 0.465 e. The van der Waals surface area contributed by atoms with Gasteiger partial charge in [-0.1, -0.05) is 51.8 Å². The van der Waals surface area contributed by atoms with Gasteiger partial charge in [0.15, 0.2) is 0 Å². The Labute approximate surface area is 179 Å². The van der Waals surface area contributed by atoms with Crippen LogP contribution in [0.2, 0.25) is 5.02 Å². The number of thiophene rings is 1. The lowest BCUT2D eigenvalue weighted by Crippen LogP contribution is -2.11. The number of halogens is 2. The van der Waals surface area contributed by atoms with Crippen molar-refractivity contribution in [3.8, 4) is 11.1 Å². The molecule has 0 aliphatic rings. The number of rotatable bonds is 5. The predicted molar refractivity (Wildman–Crippen MR) is 118 cm³/mol. The average Bonchev–Trinajstić information content (AvgIpc) is 3.11. The van der Waals surface area contributed by atoms with Gasteiger partial charge >= 0.3 is 5.97 Å². The van der Waals surface area contributed by atoms with Crippen LogP contribution >= 0.6 is 38.9 Å². The molecule has 0 radical (unpaired) electrons. The number of carbonyl (C=O) groups excluding carboxylic acids is 2. The molecule has 3 aromatic rings. The van der Waals surface area contributed by atoms with Crippen LogP contribution in [0.3, 0.4) is 0 Å². The minimum Gasteiger partial charge on any atom is -0.465 e. The molecule has 3 rings (SSSR count). The second-order valence-electron chi connectivity index (χ2n) is 5.73. The van der Waals surface area contributed by atoms with Gasteiger partial charge in [-0.3, -0.25) is 4.79 Å². The van der Waals surface area contributed by atoms with E-state index >= 15 is 0 Å². The summed E-state index contributed by atoms with van der Waals surface area (Å²) in [6, 6.07) is 14.7. The average molecular weight is 477 g/mol. The lowest BCUT2D eigenvalue weighted by molar-refractivity contribution is -0.111. The van der Waals surface area contributed by atoms with E-state index in [9.17, 15) is 9.59 Å². The van der Waals surface area contributed by atoms with Gasteiger partial charge in [0.25, 0.3) is 0 Å². The predicted octanol–water partition coefficient (Wildman–Crippen LogP) is 6.27. The molecule has 28 heavy (non-hydrogen) atoms. The topological polar surface area (TPSA) is 55.4 Å². The molecule has 142 valence electrons. The first-order valence-corrected chi connectivity index (χ1v) is 10.2. The third-order valence-corrected chi connectivity index (χ3v) is 5.55. The third-order valence-electron chi connectivity index (χ3n) is 3.87. The van der Waals surface area contributed by atoms with E-state index in [0.29, 0.717) is 21.2 Å². The van der Waals surface area contributed by atoms with Crippen molar-refractivity contribution in [2.75, 3.05) is 12.4 Å². The number of carbonyl (C=O) groups is 2. The lowest BCUT2D eigenvalue weighted by atomic mass is 10.0. The van der Waals surface area contributed by atoms with Crippen LogP contribution in [0.4, 0.5) is 5.00 Å². The molecule has 7 heteroatoms. The van der Waals surface area contributed by atoms with Gasteiger partial charge in [-0.25, -0.2) is 4.79 Å². The van der Waals surface area contributed by atoms with Crippen LogP contribution in [0.1, 0.15) is 15.9 Å². The standard InChI is InChI=1S/C21H15BrClNO3S/c1-27-21(26)19-17(14-5-7-15(22)8-6-14)12-28-20(19)24-18(25)11-4-13-2-9-16(23)10-3-13/h2-12H,1H3,(H,24,25)/b11-4+. The Morgan fingerprint density at radius 3 is 2.43 bits per heavy atom. The number of esters is 1. The van der Waals surface area contributed by atoms with Gasteiger partial charge in [-0.2, -0.15) is 0 Å². The molecule has 0 saturated carbocycles. The maximum Gasteiger partial charge on any atom is 0.341 e. The van der Waals surface area contributed by atoms with Crippen molar-refractivity contribution in [1.29, 1.82) is 0 Å². The molecule has 4 nitrogen and oxygen atoms in total. The summed E-state index contributed by atoms with van der Waals surface area (Å²) in [7, 11) is 1.32. The van der Waals surface area contributed by atoms with Crippen LogP contribution in [0.5, 0.6) is 0 Å². The quantitative estimate of drug-likeness (QED) is 0.349. The molecule has 2 aromatic carbocycles. The van der Waals surface area contributed by atoms with E-state index in [4.69, 9.17) is 16.3 Å². The van der Waals surface area contributed by atoms with E-state index in [1.165, 1.54) is 24.5 Å². The fourth-order valence-electron chi connectivity index (χ4n) is 2.50. The molecule has 1 heterocycles. The molecular formula is C21H15BrClNO3S. The normalized spacial score (nSPS) is 10.8. The summed E-state index contributed by atoms with van der Waals surface area (Å²) in [5.41, 5.74) is 2.75. The second-order valence-corrected chi connectivity index (χ2v) is 7.96.